The van der Waals surface area contributed by atoms with Crippen LogP contribution in [0.2, 0.25) is 0 Å². The van der Waals surface area contributed by atoms with Crippen molar-refractivity contribution < 1.29 is 9.84 Å². The number of hydrogen-bond donors (Lipinski definition) is 1. The van der Waals surface area contributed by atoms with Gasteiger partial charge in [-0.05, 0) is 23.1 Å². The molecule has 2 rings (SSSR count). The van der Waals surface area contributed by atoms with Crippen molar-refractivity contribution in [1.29, 1.82) is 0 Å². The van der Waals surface area contributed by atoms with Crippen molar-refractivity contribution in [2.24, 2.45) is 0 Å². The van der Waals surface area contributed by atoms with Crippen molar-refractivity contribution in [3.63, 3.8) is 0 Å². The minimum Gasteiger partial charge on any atom is -0.495 e. The molecule has 0 amide bonds. The number of benzene rings is 1. The molecule has 0 radical (unpaired) electrons. The molecule has 1 aromatic carbocycles. The predicted octanol–water partition coefficient (Wildman–Crippen LogP) is 3.30. The first-order chi connectivity index (χ1) is 9.11. The van der Waals surface area contributed by atoms with E-state index >= 15 is 0 Å². The third-order valence-electron chi connectivity index (χ3n) is 3.20. The van der Waals surface area contributed by atoms with Gasteiger partial charge in [0.1, 0.15) is 11.9 Å². The van der Waals surface area contributed by atoms with E-state index in [0.29, 0.717) is 11.7 Å². The number of methoxy groups -OCH3 is 1. The zero-order valence-electron chi connectivity index (χ0n) is 11.5. The summed E-state index contributed by atoms with van der Waals surface area (Å²) in [5, 5.41) is 10.3. The normalized spacial score (nSPS) is 12.5. The van der Waals surface area contributed by atoms with Gasteiger partial charge in [0.05, 0.1) is 13.3 Å². The second-order valence-electron chi connectivity index (χ2n) is 4.88. The summed E-state index contributed by atoms with van der Waals surface area (Å²) in [5.74, 6) is 1.14. The summed E-state index contributed by atoms with van der Waals surface area (Å²) in [7, 11) is 1.59. The molecule has 0 saturated heterocycles. The second kappa shape index (κ2) is 5.85. The van der Waals surface area contributed by atoms with Crippen LogP contribution in [0.5, 0.6) is 5.75 Å². The van der Waals surface area contributed by atoms with Gasteiger partial charge in [0.25, 0.3) is 0 Å². The van der Waals surface area contributed by atoms with Crippen LogP contribution in [0.15, 0.2) is 42.7 Å². The maximum Gasteiger partial charge on any atom is 0.137 e. The Morgan fingerprint density at radius 2 is 1.63 bits per heavy atom. The lowest BCUT2D eigenvalue weighted by atomic mass is 9.98. The predicted molar refractivity (Wildman–Crippen MR) is 75.4 cm³/mol. The molecule has 3 heteroatoms. The van der Waals surface area contributed by atoms with Crippen molar-refractivity contribution in [1.82, 2.24) is 4.98 Å². The average Bonchev–Trinajstić information content (AvgIpc) is 2.46. The van der Waals surface area contributed by atoms with Gasteiger partial charge in [-0.25, -0.2) is 0 Å². The van der Waals surface area contributed by atoms with Crippen molar-refractivity contribution in [3.05, 3.63) is 59.4 Å². The minimum atomic E-state index is -0.677. The fourth-order valence-corrected chi connectivity index (χ4v) is 1.95. The molecule has 0 aliphatic rings. The molecular weight excluding hydrogens is 238 g/mol. The Kier molecular flexibility index (Phi) is 4.17. The van der Waals surface area contributed by atoms with E-state index in [1.807, 2.05) is 12.1 Å². The van der Waals surface area contributed by atoms with Crippen molar-refractivity contribution in [2.75, 3.05) is 7.11 Å². The summed E-state index contributed by atoms with van der Waals surface area (Å²) in [5.41, 5.74) is 2.86. The lowest BCUT2D eigenvalue weighted by molar-refractivity contribution is 0.219. The topological polar surface area (TPSA) is 42.4 Å². The molecule has 0 bridgehead atoms. The molecule has 19 heavy (non-hydrogen) atoms. The van der Waals surface area contributed by atoms with Gasteiger partial charge in [-0.2, -0.15) is 0 Å². The highest BCUT2D eigenvalue weighted by atomic mass is 16.5. The number of nitrogens with zero attached hydrogens (tertiary/aromatic N) is 1. The van der Waals surface area contributed by atoms with Gasteiger partial charge >= 0.3 is 0 Å². The fourth-order valence-electron chi connectivity index (χ4n) is 1.95. The molecule has 100 valence electrons. The van der Waals surface area contributed by atoms with Crippen LogP contribution in [0.3, 0.4) is 0 Å². The zero-order chi connectivity index (χ0) is 13.8. The highest BCUT2D eigenvalue weighted by Gasteiger charge is 2.12. The van der Waals surface area contributed by atoms with Crippen LogP contribution in [0.25, 0.3) is 0 Å². The molecule has 0 aliphatic carbocycles. The molecule has 0 spiro atoms. The Bertz CT molecular complexity index is 535. The van der Waals surface area contributed by atoms with E-state index in [4.69, 9.17) is 4.74 Å². The highest BCUT2D eigenvalue weighted by Crippen LogP contribution is 2.25. The van der Waals surface area contributed by atoms with Gasteiger partial charge in [-0.1, -0.05) is 38.1 Å². The third-order valence-corrected chi connectivity index (χ3v) is 3.20. The number of rotatable bonds is 4. The molecule has 3 nitrogen and oxygen atoms in total. The minimum absolute atomic E-state index is 0.490. The van der Waals surface area contributed by atoms with Gasteiger partial charge in [0, 0.05) is 11.8 Å². The van der Waals surface area contributed by atoms with E-state index in [1.165, 1.54) is 5.56 Å². The zero-order valence-corrected chi connectivity index (χ0v) is 11.5. The number of aliphatic hydroxyl groups is 1. The highest BCUT2D eigenvalue weighted by molar-refractivity contribution is 5.34. The van der Waals surface area contributed by atoms with Crippen LogP contribution in [0.4, 0.5) is 0 Å². The maximum absolute atomic E-state index is 10.3. The summed E-state index contributed by atoms with van der Waals surface area (Å²) >= 11 is 0. The lowest BCUT2D eigenvalue weighted by Crippen LogP contribution is -2.01. The molecule has 0 fully saturated rings. The van der Waals surface area contributed by atoms with Gasteiger partial charge in [-0.3, -0.25) is 4.98 Å². The molecule has 1 atom stereocenters. The molecular formula is C16H19NO2. The number of aromatic nitrogens is 1. The summed E-state index contributed by atoms with van der Waals surface area (Å²) in [6.07, 6.45) is 2.60. The van der Waals surface area contributed by atoms with Crippen LogP contribution in [-0.2, 0) is 0 Å². The molecule has 1 aromatic heterocycles. The average molecular weight is 257 g/mol. The van der Waals surface area contributed by atoms with E-state index in [-0.39, 0.29) is 0 Å². The van der Waals surface area contributed by atoms with E-state index < -0.39 is 6.10 Å². The van der Waals surface area contributed by atoms with Gasteiger partial charge in [-0.15, -0.1) is 0 Å². The standard InChI is InChI=1S/C16H19NO2/c1-11(2)12-4-6-13(7-5-12)16(18)14-8-15(19-3)10-17-9-14/h4-11,16,18H,1-3H3. The molecule has 1 N–H and O–H groups in total. The van der Waals surface area contributed by atoms with Crippen molar-refractivity contribution >= 4 is 0 Å². The third kappa shape index (κ3) is 3.12. The van der Waals surface area contributed by atoms with Crippen LogP contribution in [-0.4, -0.2) is 17.2 Å². The Morgan fingerprint density at radius 3 is 2.21 bits per heavy atom. The molecule has 1 unspecified atom stereocenters. The fraction of sp³-hybridized carbons (Fsp3) is 0.312. The Morgan fingerprint density at radius 1 is 1.00 bits per heavy atom. The summed E-state index contributed by atoms with van der Waals surface area (Å²) in [6.45, 7) is 4.30. The van der Waals surface area contributed by atoms with Gasteiger partial charge < -0.3 is 9.84 Å². The van der Waals surface area contributed by atoms with Crippen LogP contribution < -0.4 is 4.74 Å². The van der Waals surface area contributed by atoms with E-state index in [9.17, 15) is 5.11 Å². The van der Waals surface area contributed by atoms with E-state index in [1.54, 1.807) is 25.6 Å². The number of aliphatic hydroxyl groups excluding tert-OH is 1. The lowest BCUT2D eigenvalue weighted by Gasteiger charge is -2.13. The van der Waals surface area contributed by atoms with Crippen molar-refractivity contribution in [2.45, 2.75) is 25.9 Å². The molecule has 0 aliphatic heterocycles. The summed E-state index contributed by atoms with van der Waals surface area (Å²) in [4.78, 5) is 4.06. The SMILES string of the molecule is COc1cncc(C(O)c2ccc(C(C)C)cc2)c1. The molecule has 0 saturated carbocycles. The molecule has 2 aromatic rings. The largest absolute Gasteiger partial charge is 0.495 e. The maximum atomic E-state index is 10.3. The van der Waals surface area contributed by atoms with E-state index in [0.717, 1.165) is 11.1 Å². The number of hydrogen-bond acceptors (Lipinski definition) is 3. The monoisotopic (exact) mass is 257 g/mol. The Hall–Kier alpha value is -1.87. The first kappa shape index (κ1) is 13.6. The summed E-state index contributed by atoms with van der Waals surface area (Å²) in [6, 6.07) is 9.82. The van der Waals surface area contributed by atoms with Gasteiger partial charge in [0.2, 0.25) is 0 Å². The van der Waals surface area contributed by atoms with E-state index in [2.05, 4.69) is 31.0 Å². The number of ether oxygens (including phenoxy) is 1. The van der Waals surface area contributed by atoms with Gasteiger partial charge in [0.15, 0.2) is 0 Å². The Balaban J connectivity index is 2.25. The smallest absolute Gasteiger partial charge is 0.137 e. The van der Waals surface area contributed by atoms with Crippen LogP contribution in [0.1, 0.15) is 42.6 Å². The summed E-state index contributed by atoms with van der Waals surface area (Å²) < 4.78 is 5.12. The first-order valence-corrected chi connectivity index (χ1v) is 6.38. The van der Waals surface area contributed by atoms with Crippen LogP contribution >= 0.6 is 0 Å². The van der Waals surface area contributed by atoms with Crippen molar-refractivity contribution in [3.8, 4) is 5.75 Å². The first-order valence-electron chi connectivity index (χ1n) is 6.38. The second-order valence-corrected chi connectivity index (χ2v) is 4.88. The molecule has 1 heterocycles. The quantitative estimate of drug-likeness (QED) is 0.913. The van der Waals surface area contributed by atoms with Crippen LogP contribution in [0, 0.1) is 0 Å². The number of pyridine rings is 1. The Labute approximate surface area is 113 Å².